The third-order valence-corrected chi connectivity index (χ3v) is 3.58. The minimum Gasteiger partial charge on any atom is -0.489 e. The van der Waals surface area contributed by atoms with Gasteiger partial charge in [0.15, 0.2) is 5.76 Å². The van der Waals surface area contributed by atoms with Crippen molar-refractivity contribution in [3.63, 3.8) is 0 Å². The maximum absolute atomic E-state index is 12.4. The fraction of sp³-hybridized carbons (Fsp3) is 0.211. The quantitative estimate of drug-likeness (QED) is 0.614. The standard InChI is InChI=1S/C19H18O4/c1-12(2)8-10-22-16-7-6-15-18(20)17(23-19(15)13(16)3)11-14-5-4-9-21-14/h4-9,11H,10H2,1-3H3/b17-11-. The summed E-state index contributed by atoms with van der Waals surface area (Å²) in [5, 5.41) is 0. The van der Waals surface area contributed by atoms with Crippen molar-refractivity contribution in [2.45, 2.75) is 20.8 Å². The fourth-order valence-electron chi connectivity index (χ4n) is 2.33. The van der Waals surface area contributed by atoms with Crippen molar-refractivity contribution in [3.05, 3.63) is 64.8 Å². The maximum Gasteiger partial charge on any atom is 0.232 e. The van der Waals surface area contributed by atoms with Crippen LogP contribution in [0.2, 0.25) is 0 Å². The lowest BCUT2D eigenvalue weighted by atomic mass is 10.1. The van der Waals surface area contributed by atoms with E-state index in [1.54, 1.807) is 30.5 Å². The second-order valence-electron chi connectivity index (χ2n) is 5.61. The summed E-state index contributed by atoms with van der Waals surface area (Å²) < 4.78 is 16.7. The van der Waals surface area contributed by atoms with Crippen molar-refractivity contribution in [1.82, 2.24) is 0 Å². The predicted octanol–water partition coefficient (Wildman–Crippen LogP) is 4.55. The van der Waals surface area contributed by atoms with Gasteiger partial charge in [-0.15, -0.1) is 0 Å². The summed E-state index contributed by atoms with van der Waals surface area (Å²) in [6, 6.07) is 7.09. The van der Waals surface area contributed by atoms with Crippen molar-refractivity contribution in [2.75, 3.05) is 6.61 Å². The first-order valence-corrected chi connectivity index (χ1v) is 7.44. The molecule has 0 saturated carbocycles. The first kappa shape index (κ1) is 15.2. The fourth-order valence-corrected chi connectivity index (χ4v) is 2.33. The smallest absolute Gasteiger partial charge is 0.232 e. The molecule has 23 heavy (non-hydrogen) atoms. The zero-order valence-corrected chi connectivity index (χ0v) is 13.4. The molecule has 0 bridgehead atoms. The highest BCUT2D eigenvalue weighted by Crippen LogP contribution is 2.39. The van der Waals surface area contributed by atoms with Gasteiger partial charge < -0.3 is 13.9 Å². The average molecular weight is 310 g/mol. The van der Waals surface area contributed by atoms with E-state index in [0.29, 0.717) is 29.4 Å². The number of benzene rings is 1. The number of fused-ring (bicyclic) bond motifs is 1. The van der Waals surface area contributed by atoms with Crippen molar-refractivity contribution in [3.8, 4) is 11.5 Å². The highest BCUT2D eigenvalue weighted by molar-refractivity contribution is 6.14. The number of furan rings is 1. The lowest BCUT2D eigenvalue weighted by Gasteiger charge is -2.10. The SMILES string of the molecule is CC(C)=CCOc1ccc2c(c1C)O/C(=C\c1ccco1)C2=O. The van der Waals surface area contributed by atoms with Gasteiger partial charge in [-0.05, 0) is 51.1 Å². The van der Waals surface area contributed by atoms with Crippen molar-refractivity contribution in [2.24, 2.45) is 0 Å². The van der Waals surface area contributed by atoms with E-state index in [2.05, 4.69) is 0 Å². The average Bonchev–Trinajstić information content (AvgIpc) is 3.12. The van der Waals surface area contributed by atoms with Gasteiger partial charge in [-0.25, -0.2) is 0 Å². The van der Waals surface area contributed by atoms with Crippen LogP contribution in [0.15, 0.2) is 52.4 Å². The highest BCUT2D eigenvalue weighted by atomic mass is 16.5. The van der Waals surface area contributed by atoms with Gasteiger partial charge in [0.05, 0.1) is 11.8 Å². The molecule has 0 N–H and O–H groups in total. The van der Waals surface area contributed by atoms with Gasteiger partial charge in [-0.3, -0.25) is 4.79 Å². The van der Waals surface area contributed by atoms with E-state index in [-0.39, 0.29) is 11.5 Å². The van der Waals surface area contributed by atoms with Gasteiger partial charge >= 0.3 is 0 Å². The van der Waals surface area contributed by atoms with Gasteiger partial charge in [-0.1, -0.05) is 5.57 Å². The number of allylic oxidation sites excluding steroid dienone is 2. The van der Waals surface area contributed by atoms with Crippen LogP contribution in [-0.4, -0.2) is 12.4 Å². The lowest BCUT2D eigenvalue weighted by molar-refractivity contribution is 0.101. The molecule has 2 heterocycles. The zero-order chi connectivity index (χ0) is 16.4. The van der Waals surface area contributed by atoms with E-state index in [1.807, 2.05) is 32.9 Å². The molecule has 4 nitrogen and oxygen atoms in total. The Morgan fingerprint density at radius 1 is 1.26 bits per heavy atom. The van der Waals surface area contributed by atoms with Crippen LogP contribution in [0.5, 0.6) is 11.5 Å². The maximum atomic E-state index is 12.4. The molecule has 118 valence electrons. The Morgan fingerprint density at radius 2 is 2.09 bits per heavy atom. The summed E-state index contributed by atoms with van der Waals surface area (Å²) in [4.78, 5) is 12.4. The van der Waals surface area contributed by atoms with Crippen LogP contribution in [0.25, 0.3) is 6.08 Å². The first-order valence-electron chi connectivity index (χ1n) is 7.44. The molecule has 0 amide bonds. The molecule has 3 rings (SSSR count). The van der Waals surface area contributed by atoms with Crippen LogP contribution in [0, 0.1) is 6.92 Å². The molecule has 0 saturated heterocycles. The predicted molar refractivity (Wildman–Crippen MR) is 87.7 cm³/mol. The van der Waals surface area contributed by atoms with Crippen LogP contribution in [0.3, 0.4) is 0 Å². The summed E-state index contributed by atoms with van der Waals surface area (Å²) in [5.74, 6) is 1.98. The third kappa shape index (κ3) is 3.06. The van der Waals surface area contributed by atoms with Gasteiger partial charge in [-0.2, -0.15) is 0 Å². The van der Waals surface area contributed by atoms with Crippen molar-refractivity contribution in [1.29, 1.82) is 0 Å². The van der Waals surface area contributed by atoms with E-state index in [9.17, 15) is 4.79 Å². The minimum atomic E-state index is -0.143. The number of hydrogen-bond acceptors (Lipinski definition) is 4. The van der Waals surface area contributed by atoms with Crippen LogP contribution < -0.4 is 9.47 Å². The molecule has 1 aromatic carbocycles. The number of rotatable bonds is 4. The Balaban J connectivity index is 1.87. The van der Waals surface area contributed by atoms with E-state index >= 15 is 0 Å². The summed E-state index contributed by atoms with van der Waals surface area (Å²) in [6.45, 7) is 6.42. The highest BCUT2D eigenvalue weighted by Gasteiger charge is 2.30. The van der Waals surface area contributed by atoms with Crippen LogP contribution in [0.1, 0.15) is 35.5 Å². The molecule has 1 aliphatic rings. The molecule has 4 heteroatoms. The second kappa shape index (κ2) is 6.16. The summed E-state index contributed by atoms with van der Waals surface area (Å²) >= 11 is 0. The first-order chi connectivity index (χ1) is 11.1. The van der Waals surface area contributed by atoms with Crippen molar-refractivity contribution < 1.29 is 18.7 Å². The van der Waals surface area contributed by atoms with Crippen molar-refractivity contribution >= 4 is 11.9 Å². The van der Waals surface area contributed by atoms with E-state index < -0.39 is 0 Å². The topological polar surface area (TPSA) is 48.7 Å². The van der Waals surface area contributed by atoms with E-state index in [1.165, 1.54) is 5.57 Å². The number of hydrogen-bond donors (Lipinski definition) is 0. The zero-order valence-electron chi connectivity index (χ0n) is 13.4. The third-order valence-electron chi connectivity index (χ3n) is 3.58. The number of ketones is 1. The van der Waals surface area contributed by atoms with Gasteiger partial charge in [0, 0.05) is 11.6 Å². The van der Waals surface area contributed by atoms with Gasteiger partial charge in [0.1, 0.15) is 23.9 Å². The Bertz CT molecular complexity index is 791. The summed E-state index contributed by atoms with van der Waals surface area (Å²) in [5.41, 5.74) is 2.56. The molecule has 1 aliphatic heterocycles. The molecule has 0 radical (unpaired) electrons. The van der Waals surface area contributed by atoms with Crippen LogP contribution >= 0.6 is 0 Å². The van der Waals surface area contributed by atoms with E-state index in [0.717, 1.165) is 5.56 Å². The van der Waals surface area contributed by atoms with Crippen LogP contribution in [0.4, 0.5) is 0 Å². The molecule has 0 fully saturated rings. The number of carbonyl (C=O) groups is 1. The number of carbonyl (C=O) groups excluding carboxylic acids is 1. The number of ether oxygens (including phenoxy) is 2. The molecule has 0 spiro atoms. The second-order valence-corrected chi connectivity index (χ2v) is 5.61. The van der Waals surface area contributed by atoms with Gasteiger partial charge in [0.2, 0.25) is 5.78 Å². The molecule has 0 aliphatic carbocycles. The normalized spacial score (nSPS) is 14.6. The van der Waals surface area contributed by atoms with Gasteiger partial charge in [0.25, 0.3) is 0 Å². The minimum absolute atomic E-state index is 0.143. The number of Topliss-reactive ketones (excluding diaryl/α,β-unsaturated/α-hetero) is 1. The Labute approximate surface area is 135 Å². The molecule has 2 aromatic rings. The molecule has 0 atom stereocenters. The summed E-state index contributed by atoms with van der Waals surface area (Å²) in [6.07, 6.45) is 5.16. The Hall–Kier alpha value is -2.75. The summed E-state index contributed by atoms with van der Waals surface area (Å²) in [7, 11) is 0. The van der Waals surface area contributed by atoms with Crippen LogP contribution in [-0.2, 0) is 0 Å². The molecular formula is C19H18O4. The lowest BCUT2D eigenvalue weighted by Crippen LogP contribution is -1.98. The largest absolute Gasteiger partial charge is 0.489 e. The Morgan fingerprint density at radius 3 is 2.78 bits per heavy atom. The molecular weight excluding hydrogens is 292 g/mol. The Kier molecular flexibility index (Phi) is 4.06. The van der Waals surface area contributed by atoms with E-state index in [4.69, 9.17) is 13.9 Å². The molecule has 0 unspecified atom stereocenters. The monoisotopic (exact) mass is 310 g/mol. The molecule has 1 aromatic heterocycles.